The highest BCUT2D eigenvalue weighted by Crippen LogP contribution is 2.44. The Balaban J connectivity index is 1.44. The van der Waals surface area contributed by atoms with Gasteiger partial charge >= 0.3 is 0 Å². The molecular weight excluding hydrogens is 588 g/mol. The lowest BCUT2D eigenvalue weighted by Gasteiger charge is -2.57. The average Bonchev–Trinajstić information content (AvgIpc) is 3.07. The molecule has 8 nitrogen and oxygen atoms in total. The number of nitrogens with two attached hydrogens (primary N) is 2. The Hall–Kier alpha value is -4.40. The van der Waals surface area contributed by atoms with Crippen LogP contribution in [0.25, 0.3) is 21.5 Å². The van der Waals surface area contributed by atoms with E-state index in [-0.39, 0.29) is 12.8 Å². The number of carbonyl (C=O) groups is 4. The fourth-order valence-corrected chi connectivity index (χ4v) is 7.82. The largest absolute Gasteiger partial charge is 0.310 e. The van der Waals surface area contributed by atoms with Crippen molar-refractivity contribution in [1.82, 2.24) is 9.80 Å². The molecule has 0 aliphatic carbocycles. The Kier molecular flexibility index (Phi) is 9.01. The quantitative estimate of drug-likeness (QED) is 0.0841. The van der Waals surface area contributed by atoms with Gasteiger partial charge in [0.15, 0.2) is 5.66 Å². The van der Waals surface area contributed by atoms with E-state index in [1.54, 1.807) is 55.5 Å². The van der Waals surface area contributed by atoms with E-state index in [0.717, 1.165) is 39.8 Å². The molecule has 0 spiro atoms. The summed E-state index contributed by atoms with van der Waals surface area (Å²) < 4.78 is 0. The number of rotatable bonds is 14. The van der Waals surface area contributed by atoms with Gasteiger partial charge in [-0.15, -0.1) is 0 Å². The zero-order valence-electron chi connectivity index (χ0n) is 27.4. The van der Waals surface area contributed by atoms with Gasteiger partial charge in [-0.2, -0.15) is 0 Å². The second kappa shape index (κ2) is 13.0. The molecule has 4 N–H and O–H groups in total. The lowest BCUT2D eigenvalue weighted by Crippen LogP contribution is -2.83. The fraction of sp³-hybridized carbons (Fsp3) is 0.385. The van der Waals surface area contributed by atoms with Crippen LogP contribution >= 0.6 is 0 Å². The Morgan fingerprint density at radius 2 is 0.851 bits per heavy atom. The minimum absolute atomic E-state index is 0.0529. The third kappa shape index (κ3) is 5.24. The average molecular weight is 633 g/mol. The van der Waals surface area contributed by atoms with Crippen molar-refractivity contribution in [2.45, 2.75) is 95.8 Å². The summed E-state index contributed by atoms with van der Waals surface area (Å²) in [6, 6.07) is 21.1. The molecule has 8 heteroatoms. The molecule has 6 rings (SSSR count). The molecule has 4 amide bonds. The van der Waals surface area contributed by atoms with E-state index in [4.69, 9.17) is 11.5 Å². The molecule has 0 saturated heterocycles. The molecule has 2 aliphatic heterocycles. The number of imide groups is 2. The van der Waals surface area contributed by atoms with Crippen molar-refractivity contribution >= 4 is 45.2 Å². The highest BCUT2D eigenvalue weighted by atomic mass is 16.2. The number of hydrogen-bond donors (Lipinski definition) is 2. The lowest BCUT2D eigenvalue weighted by molar-refractivity contribution is -0.0566. The predicted molar refractivity (Wildman–Crippen MR) is 185 cm³/mol. The third-order valence-electron chi connectivity index (χ3n) is 10.2. The molecule has 0 bridgehead atoms. The smallest absolute Gasteiger partial charge is 0.263 e. The SMILES string of the molecule is CCCCCCCCCCCC(N)(N)C(CC)(N1C(=O)c2cccc3cccc(c23)C1=O)N1C(=O)c2cccc3cccc(c23)C1=O. The zero-order valence-corrected chi connectivity index (χ0v) is 27.4. The maximum absolute atomic E-state index is 14.6. The highest BCUT2D eigenvalue weighted by Gasteiger charge is 2.63. The first kappa shape index (κ1) is 32.5. The molecule has 0 aromatic heterocycles. The summed E-state index contributed by atoms with van der Waals surface area (Å²) in [7, 11) is 0. The third-order valence-corrected chi connectivity index (χ3v) is 10.2. The molecule has 0 fully saturated rings. The van der Waals surface area contributed by atoms with Gasteiger partial charge in [0, 0.05) is 33.0 Å². The number of carbonyl (C=O) groups excluding carboxylic acids is 4. The number of nitrogens with zero attached hydrogens (tertiary/aromatic N) is 2. The van der Waals surface area contributed by atoms with Crippen LogP contribution in [0.1, 0.15) is 126 Å². The van der Waals surface area contributed by atoms with Gasteiger partial charge in [-0.05, 0) is 47.9 Å². The van der Waals surface area contributed by atoms with Crippen LogP contribution in [0, 0.1) is 0 Å². The molecule has 0 saturated carbocycles. The predicted octanol–water partition coefficient (Wildman–Crippen LogP) is 7.53. The van der Waals surface area contributed by atoms with E-state index in [1.165, 1.54) is 32.1 Å². The molecular formula is C39H44N4O4. The fourth-order valence-electron chi connectivity index (χ4n) is 7.82. The van der Waals surface area contributed by atoms with Crippen LogP contribution < -0.4 is 11.5 Å². The maximum Gasteiger partial charge on any atom is 0.263 e. The topological polar surface area (TPSA) is 127 Å². The first-order valence-electron chi connectivity index (χ1n) is 17.1. The summed E-state index contributed by atoms with van der Waals surface area (Å²) in [4.78, 5) is 60.6. The number of amides is 4. The van der Waals surface area contributed by atoms with E-state index in [2.05, 4.69) is 6.92 Å². The molecule has 4 aromatic carbocycles. The summed E-state index contributed by atoms with van der Waals surface area (Å²) in [6.07, 6.45) is 9.75. The highest BCUT2D eigenvalue weighted by molar-refractivity contribution is 6.28. The molecule has 0 radical (unpaired) electrons. The Morgan fingerprint density at radius 3 is 1.19 bits per heavy atom. The van der Waals surface area contributed by atoms with Crippen LogP contribution in [0.2, 0.25) is 0 Å². The minimum Gasteiger partial charge on any atom is -0.310 e. The summed E-state index contributed by atoms with van der Waals surface area (Å²) in [5, 5.41) is 2.57. The van der Waals surface area contributed by atoms with Crippen molar-refractivity contribution in [3.8, 4) is 0 Å². The number of unbranched alkanes of at least 4 members (excludes halogenated alkanes) is 8. The normalized spacial score (nSPS) is 15.0. The monoisotopic (exact) mass is 632 g/mol. The van der Waals surface area contributed by atoms with Crippen LogP contribution in [0.5, 0.6) is 0 Å². The lowest BCUT2D eigenvalue weighted by atomic mass is 9.79. The van der Waals surface area contributed by atoms with Gasteiger partial charge < -0.3 is 11.5 Å². The van der Waals surface area contributed by atoms with Gasteiger partial charge in [-0.3, -0.25) is 19.2 Å². The van der Waals surface area contributed by atoms with Gasteiger partial charge in [0.1, 0.15) is 5.66 Å². The van der Waals surface area contributed by atoms with Crippen molar-refractivity contribution in [2.24, 2.45) is 11.5 Å². The second-order valence-corrected chi connectivity index (χ2v) is 13.1. The summed E-state index contributed by atoms with van der Waals surface area (Å²) in [5.74, 6) is -2.53. The van der Waals surface area contributed by atoms with Gasteiger partial charge in [-0.1, -0.05) is 120 Å². The van der Waals surface area contributed by atoms with Crippen molar-refractivity contribution in [3.63, 3.8) is 0 Å². The van der Waals surface area contributed by atoms with Crippen LogP contribution in [-0.4, -0.2) is 44.8 Å². The van der Waals surface area contributed by atoms with Crippen molar-refractivity contribution < 1.29 is 19.2 Å². The van der Waals surface area contributed by atoms with Crippen LogP contribution in [0.4, 0.5) is 0 Å². The van der Waals surface area contributed by atoms with E-state index < -0.39 is 35.0 Å². The zero-order chi connectivity index (χ0) is 33.3. The van der Waals surface area contributed by atoms with Gasteiger partial charge in [0.05, 0.1) is 0 Å². The van der Waals surface area contributed by atoms with E-state index in [0.29, 0.717) is 39.4 Å². The molecule has 4 aromatic rings. The number of hydrogen-bond acceptors (Lipinski definition) is 6. The van der Waals surface area contributed by atoms with Crippen molar-refractivity contribution in [2.75, 3.05) is 0 Å². The molecule has 47 heavy (non-hydrogen) atoms. The second-order valence-electron chi connectivity index (χ2n) is 13.1. The first-order chi connectivity index (χ1) is 22.7. The minimum atomic E-state index is -2.01. The maximum atomic E-state index is 14.6. The number of benzene rings is 4. The van der Waals surface area contributed by atoms with Crippen LogP contribution in [0.3, 0.4) is 0 Å². The first-order valence-corrected chi connectivity index (χ1v) is 17.1. The molecule has 2 aliphatic rings. The van der Waals surface area contributed by atoms with Crippen molar-refractivity contribution in [3.05, 3.63) is 95.1 Å². The van der Waals surface area contributed by atoms with E-state index in [9.17, 15) is 19.2 Å². The van der Waals surface area contributed by atoms with Gasteiger partial charge in [0.25, 0.3) is 23.6 Å². The summed E-state index contributed by atoms with van der Waals surface area (Å²) in [6.45, 7) is 3.94. The summed E-state index contributed by atoms with van der Waals surface area (Å²) in [5.41, 5.74) is 11.6. The standard InChI is InChI=1S/C39H44N4O4/c1-3-5-6-7-8-9-10-11-12-25-38(40,41)39(4-2,42-34(44)28-21-13-17-26-18-14-22-29(32(26)28)35(42)45)43-36(46)30-23-15-19-27-20-16-24-31(33(27)30)37(43)47/h13-24H,3-12,25,40-41H2,1-2H3. The van der Waals surface area contributed by atoms with Crippen LogP contribution in [0.15, 0.2) is 72.8 Å². The Morgan fingerprint density at radius 1 is 0.511 bits per heavy atom. The van der Waals surface area contributed by atoms with Gasteiger partial charge in [-0.25, -0.2) is 9.80 Å². The van der Waals surface area contributed by atoms with E-state index in [1.807, 2.05) is 24.3 Å². The molecule has 0 unspecified atom stereocenters. The summed E-state index contributed by atoms with van der Waals surface area (Å²) >= 11 is 0. The van der Waals surface area contributed by atoms with E-state index >= 15 is 0 Å². The molecule has 244 valence electrons. The molecule has 2 heterocycles. The van der Waals surface area contributed by atoms with Crippen molar-refractivity contribution in [1.29, 1.82) is 0 Å². The molecule has 0 atom stereocenters. The van der Waals surface area contributed by atoms with Gasteiger partial charge in [0.2, 0.25) is 0 Å². The Bertz CT molecular complexity index is 1660. The Labute approximate surface area is 276 Å². The van der Waals surface area contributed by atoms with Crippen LogP contribution in [-0.2, 0) is 0 Å².